The number of hydrogen-bond donors (Lipinski definition) is 0. The predicted octanol–water partition coefficient (Wildman–Crippen LogP) is 1.88. The lowest BCUT2D eigenvalue weighted by atomic mass is 10.1. The Bertz CT molecular complexity index is 883. The minimum Gasteiger partial charge on any atom is -0.333 e. The molecule has 1 amide bonds. The van der Waals surface area contributed by atoms with Crippen molar-refractivity contribution in [1.82, 2.24) is 29.4 Å². The van der Waals surface area contributed by atoms with Crippen molar-refractivity contribution in [2.75, 3.05) is 6.54 Å². The monoisotopic (exact) mass is 336 g/mol. The van der Waals surface area contributed by atoms with Gasteiger partial charge in [-0.05, 0) is 25.0 Å². The zero-order chi connectivity index (χ0) is 17.2. The van der Waals surface area contributed by atoms with Gasteiger partial charge in [0, 0.05) is 31.0 Å². The van der Waals surface area contributed by atoms with Gasteiger partial charge in [0.15, 0.2) is 0 Å². The van der Waals surface area contributed by atoms with E-state index >= 15 is 0 Å². The van der Waals surface area contributed by atoms with Crippen LogP contribution in [0.4, 0.5) is 0 Å². The maximum Gasteiger partial charge on any atom is 0.254 e. The number of aryl methyl sites for hydroxylation is 2. The lowest BCUT2D eigenvalue weighted by Gasteiger charge is -2.21. The highest BCUT2D eigenvalue weighted by molar-refractivity contribution is 5.95. The normalized spacial score (nSPS) is 14.2. The summed E-state index contributed by atoms with van der Waals surface area (Å²) in [5.41, 5.74) is 3.66. The summed E-state index contributed by atoms with van der Waals surface area (Å²) in [5.74, 6) is 0.0707. The van der Waals surface area contributed by atoms with E-state index in [4.69, 9.17) is 0 Å². The summed E-state index contributed by atoms with van der Waals surface area (Å²) in [5, 5.41) is 8.60. The number of aromatic nitrogens is 5. The van der Waals surface area contributed by atoms with E-state index in [2.05, 4.69) is 15.3 Å². The Morgan fingerprint density at radius 1 is 1.24 bits per heavy atom. The van der Waals surface area contributed by atoms with Gasteiger partial charge in [-0.3, -0.25) is 4.79 Å². The van der Waals surface area contributed by atoms with Gasteiger partial charge in [-0.25, -0.2) is 9.67 Å². The second-order valence-corrected chi connectivity index (χ2v) is 6.34. The van der Waals surface area contributed by atoms with Crippen molar-refractivity contribution in [1.29, 1.82) is 0 Å². The van der Waals surface area contributed by atoms with Gasteiger partial charge in [-0.1, -0.05) is 23.4 Å². The minimum atomic E-state index is 0.0707. The van der Waals surface area contributed by atoms with Crippen LogP contribution in [0.2, 0.25) is 0 Å². The van der Waals surface area contributed by atoms with E-state index in [-0.39, 0.29) is 5.91 Å². The molecule has 128 valence electrons. The smallest absolute Gasteiger partial charge is 0.254 e. The van der Waals surface area contributed by atoms with Gasteiger partial charge in [0.2, 0.25) is 0 Å². The van der Waals surface area contributed by atoms with Crippen molar-refractivity contribution in [3.8, 4) is 0 Å². The van der Waals surface area contributed by atoms with Crippen LogP contribution >= 0.6 is 0 Å². The van der Waals surface area contributed by atoms with Crippen LogP contribution in [0.25, 0.3) is 0 Å². The predicted molar refractivity (Wildman–Crippen MR) is 91.9 cm³/mol. The molecule has 7 nitrogen and oxygen atoms in total. The van der Waals surface area contributed by atoms with Crippen LogP contribution < -0.4 is 0 Å². The van der Waals surface area contributed by atoms with Crippen molar-refractivity contribution in [3.63, 3.8) is 0 Å². The first-order chi connectivity index (χ1) is 12.2. The van der Waals surface area contributed by atoms with E-state index < -0.39 is 0 Å². The Labute approximate surface area is 145 Å². The molecule has 7 heteroatoms. The molecule has 0 fully saturated rings. The van der Waals surface area contributed by atoms with Gasteiger partial charge in [-0.15, -0.1) is 5.10 Å². The fourth-order valence-corrected chi connectivity index (χ4v) is 3.23. The Hall–Kier alpha value is -2.96. The fraction of sp³-hybridized carbons (Fsp3) is 0.333. The molecule has 0 bridgehead atoms. The number of amides is 1. The van der Waals surface area contributed by atoms with Gasteiger partial charge in [-0.2, -0.15) is 0 Å². The molecule has 3 heterocycles. The first kappa shape index (κ1) is 15.6. The highest BCUT2D eigenvalue weighted by atomic mass is 16.2. The summed E-state index contributed by atoms with van der Waals surface area (Å²) in [7, 11) is 0. The molecule has 3 aromatic rings. The third-order valence-corrected chi connectivity index (χ3v) is 4.61. The molecule has 0 radical (unpaired) electrons. The second kappa shape index (κ2) is 6.51. The SMILES string of the molecule is Cc1ccccc1C(=O)N1CCCn2nnc(Cn3ccnc3)c2C1. The van der Waals surface area contributed by atoms with Crippen LogP contribution in [0.15, 0.2) is 43.0 Å². The summed E-state index contributed by atoms with van der Waals surface area (Å²) in [6, 6.07) is 7.73. The van der Waals surface area contributed by atoms with E-state index in [1.807, 2.05) is 51.5 Å². The zero-order valence-corrected chi connectivity index (χ0v) is 14.2. The fourth-order valence-electron chi connectivity index (χ4n) is 3.23. The molecule has 1 aliphatic rings. The molecule has 0 N–H and O–H groups in total. The molecule has 25 heavy (non-hydrogen) atoms. The Morgan fingerprint density at radius 3 is 2.92 bits per heavy atom. The lowest BCUT2D eigenvalue weighted by molar-refractivity contribution is 0.0744. The third kappa shape index (κ3) is 3.05. The highest BCUT2D eigenvalue weighted by Crippen LogP contribution is 2.19. The third-order valence-electron chi connectivity index (χ3n) is 4.61. The van der Waals surface area contributed by atoms with Gasteiger partial charge in [0.05, 0.1) is 25.1 Å². The van der Waals surface area contributed by atoms with Crippen LogP contribution in [0.3, 0.4) is 0 Å². The van der Waals surface area contributed by atoms with Crippen LogP contribution in [0.1, 0.15) is 33.7 Å². The molecule has 1 aromatic carbocycles. The Balaban J connectivity index is 1.61. The molecule has 2 aromatic heterocycles. The number of fused-ring (bicyclic) bond motifs is 1. The van der Waals surface area contributed by atoms with Crippen LogP contribution in [-0.2, 0) is 19.6 Å². The standard InChI is InChI=1S/C18H20N6O/c1-14-5-2-3-6-15(14)18(25)23-8-4-9-24-17(12-23)16(20-21-24)11-22-10-7-19-13-22/h2-3,5-7,10,13H,4,8-9,11-12H2,1H3. The summed E-state index contributed by atoms with van der Waals surface area (Å²) in [6.07, 6.45) is 6.28. The number of carbonyl (C=O) groups excluding carboxylic acids is 1. The van der Waals surface area contributed by atoms with Crippen molar-refractivity contribution in [2.24, 2.45) is 0 Å². The molecule has 0 atom stereocenters. The molecule has 1 aliphatic heterocycles. The number of rotatable bonds is 3. The summed E-state index contributed by atoms with van der Waals surface area (Å²) >= 11 is 0. The lowest BCUT2D eigenvalue weighted by Crippen LogP contribution is -2.31. The number of carbonyl (C=O) groups is 1. The first-order valence-electron chi connectivity index (χ1n) is 8.44. The average molecular weight is 336 g/mol. The highest BCUT2D eigenvalue weighted by Gasteiger charge is 2.24. The molecule has 0 spiro atoms. The maximum atomic E-state index is 13.0. The van der Waals surface area contributed by atoms with Gasteiger partial charge >= 0.3 is 0 Å². The average Bonchev–Trinajstić information content (AvgIpc) is 3.20. The zero-order valence-electron chi connectivity index (χ0n) is 14.2. The van der Waals surface area contributed by atoms with Crippen LogP contribution in [0.5, 0.6) is 0 Å². The summed E-state index contributed by atoms with van der Waals surface area (Å²) < 4.78 is 3.89. The van der Waals surface area contributed by atoms with Crippen molar-refractivity contribution < 1.29 is 4.79 Å². The van der Waals surface area contributed by atoms with E-state index in [0.29, 0.717) is 13.1 Å². The largest absolute Gasteiger partial charge is 0.333 e. The molecular formula is C18H20N6O. The number of nitrogens with zero attached hydrogens (tertiary/aromatic N) is 6. The van der Waals surface area contributed by atoms with E-state index in [9.17, 15) is 4.79 Å². The van der Waals surface area contributed by atoms with E-state index in [1.54, 1.807) is 12.5 Å². The summed E-state index contributed by atoms with van der Waals surface area (Å²) in [4.78, 5) is 19.0. The van der Waals surface area contributed by atoms with E-state index in [1.165, 1.54) is 0 Å². The van der Waals surface area contributed by atoms with Crippen LogP contribution in [0, 0.1) is 6.92 Å². The van der Waals surface area contributed by atoms with Gasteiger partial charge in [0.1, 0.15) is 5.69 Å². The molecule has 0 unspecified atom stereocenters. The van der Waals surface area contributed by atoms with E-state index in [0.717, 1.165) is 42.0 Å². The Morgan fingerprint density at radius 2 is 2.12 bits per heavy atom. The van der Waals surface area contributed by atoms with Crippen LogP contribution in [-0.4, -0.2) is 41.9 Å². The number of benzene rings is 1. The Kier molecular flexibility index (Phi) is 4.05. The molecule has 0 saturated carbocycles. The first-order valence-corrected chi connectivity index (χ1v) is 8.44. The number of hydrogen-bond acceptors (Lipinski definition) is 4. The number of imidazole rings is 1. The summed E-state index contributed by atoms with van der Waals surface area (Å²) in [6.45, 7) is 4.62. The quantitative estimate of drug-likeness (QED) is 0.732. The minimum absolute atomic E-state index is 0.0707. The maximum absolute atomic E-state index is 13.0. The molecule has 0 aliphatic carbocycles. The van der Waals surface area contributed by atoms with Gasteiger partial charge < -0.3 is 9.47 Å². The molecule has 4 rings (SSSR count). The topological polar surface area (TPSA) is 68.8 Å². The molecular weight excluding hydrogens is 316 g/mol. The van der Waals surface area contributed by atoms with Crippen molar-refractivity contribution >= 4 is 5.91 Å². The van der Waals surface area contributed by atoms with Crippen molar-refractivity contribution in [3.05, 3.63) is 65.5 Å². The van der Waals surface area contributed by atoms with Crippen molar-refractivity contribution in [2.45, 2.75) is 33.0 Å². The van der Waals surface area contributed by atoms with Gasteiger partial charge in [0.25, 0.3) is 5.91 Å². The molecule has 0 saturated heterocycles. The second-order valence-electron chi connectivity index (χ2n) is 6.34.